The van der Waals surface area contributed by atoms with E-state index in [-0.39, 0.29) is 16.9 Å². The molecule has 1 amide bonds. The van der Waals surface area contributed by atoms with Crippen LogP contribution in [-0.4, -0.2) is 28.4 Å². The van der Waals surface area contributed by atoms with Gasteiger partial charge in [-0.3, -0.25) is 14.5 Å². The van der Waals surface area contributed by atoms with Gasteiger partial charge in [0.1, 0.15) is 17.3 Å². The summed E-state index contributed by atoms with van der Waals surface area (Å²) >= 11 is 1.30. The fourth-order valence-corrected chi connectivity index (χ4v) is 5.26. The fraction of sp³-hybridized carbons (Fsp3) is 0.148. The number of ether oxygens (including phenoxy) is 1. The van der Waals surface area contributed by atoms with Gasteiger partial charge in [-0.2, -0.15) is 0 Å². The van der Waals surface area contributed by atoms with Gasteiger partial charge in [-0.15, -0.1) is 0 Å². The van der Waals surface area contributed by atoms with Crippen LogP contribution in [0.1, 0.15) is 29.7 Å². The number of aryl methyl sites for hydroxylation is 1. The Morgan fingerprint density at radius 1 is 1.11 bits per heavy atom. The summed E-state index contributed by atoms with van der Waals surface area (Å²) in [5.41, 5.74) is 2.47. The van der Waals surface area contributed by atoms with Crippen LogP contribution in [0.25, 0.3) is 16.0 Å². The summed E-state index contributed by atoms with van der Waals surface area (Å²) in [5, 5.41) is 11.5. The van der Waals surface area contributed by atoms with Crippen LogP contribution in [0.3, 0.4) is 0 Å². The highest BCUT2D eigenvalue weighted by molar-refractivity contribution is 7.22. The molecule has 1 aliphatic heterocycles. The van der Waals surface area contributed by atoms with Crippen molar-refractivity contribution < 1.29 is 23.8 Å². The van der Waals surface area contributed by atoms with Crippen molar-refractivity contribution in [1.82, 2.24) is 4.98 Å². The van der Waals surface area contributed by atoms with Gasteiger partial charge in [-0.1, -0.05) is 29.5 Å². The zero-order valence-corrected chi connectivity index (χ0v) is 19.8. The van der Waals surface area contributed by atoms with Crippen LogP contribution in [-0.2, 0) is 9.59 Å². The second kappa shape index (κ2) is 8.96. The third-order valence-corrected chi connectivity index (χ3v) is 6.80. The Kier molecular flexibility index (Phi) is 5.82. The molecule has 3 aromatic carbocycles. The maximum Gasteiger partial charge on any atom is 0.301 e. The molecule has 5 rings (SSSR count). The van der Waals surface area contributed by atoms with E-state index in [1.165, 1.54) is 40.5 Å². The van der Waals surface area contributed by atoms with E-state index in [0.717, 1.165) is 10.3 Å². The lowest BCUT2D eigenvalue weighted by molar-refractivity contribution is -0.132. The average Bonchev–Trinajstić information content (AvgIpc) is 3.37. The number of hydrogen-bond acceptors (Lipinski definition) is 6. The predicted molar refractivity (Wildman–Crippen MR) is 133 cm³/mol. The summed E-state index contributed by atoms with van der Waals surface area (Å²) in [7, 11) is 0. The minimum atomic E-state index is -0.942. The minimum Gasteiger partial charge on any atom is -0.507 e. The number of halogens is 1. The molecule has 0 saturated carbocycles. The van der Waals surface area contributed by atoms with Crippen molar-refractivity contribution in [2.75, 3.05) is 11.5 Å². The molecule has 2 heterocycles. The van der Waals surface area contributed by atoms with Crippen LogP contribution in [0.2, 0.25) is 0 Å². The van der Waals surface area contributed by atoms with Crippen molar-refractivity contribution >= 4 is 44.1 Å². The summed E-state index contributed by atoms with van der Waals surface area (Å²) in [6, 6.07) is 17.0. The first-order chi connectivity index (χ1) is 16.9. The maximum atomic E-state index is 13.5. The first-order valence-corrected chi connectivity index (χ1v) is 11.9. The quantitative estimate of drug-likeness (QED) is 0.219. The van der Waals surface area contributed by atoms with Crippen molar-refractivity contribution in [2.24, 2.45) is 0 Å². The molecule has 4 aromatic rings. The number of nitrogens with zero attached hydrogens (tertiary/aromatic N) is 2. The highest BCUT2D eigenvalue weighted by atomic mass is 32.1. The molecule has 0 radical (unpaired) electrons. The lowest BCUT2D eigenvalue weighted by atomic mass is 9.95. The molecule has 1 saturated heterocycles. The third kappa shape index (κ3) is 4.06. The standard InChI is InChI=1S/C27H21FN2O4S/c1-3-34-19-6-4-5-17(14-19)23-22(24(31)16-8-10-18(28)11-9-16)25(32)26(33)30(23)27-29-20-12-7-15(2)13-21(20)35-27/h4-14,23,31H,3H2,1-2H3/b24-22+. The molecular weight excluding hydrogens is 467 g/mol. The number of aromatic nitrogens is 1. The normalized spacial score (nSPS) is 17.3. The first kappa shape index (κ1) is 22.7. The molecule has 35 heavy (non-hydrogen) atoms. The molecule has 176 valence electrons. The number of Topliss-reactive ketones (excluding diaryl/α,β-unsaturated/α-hetero) is 1. The molecule has 1 aromatic heterocycles. The van der Waals surface area contributed by atoms with E-state index in [9.17, 15) is 19.1 Å². The van der Waals surface area contributed by atoms with Crippen LogP contribution in [0, 0.1) is 12.7 Å². The van der Waals surface area contributed by atoms with Gasteiger partial charge >= 0.3 is 5.91 Å². The van der Waals surface area contributed by atoms with Gasteiger partial charge in [-0.25, -0.2) is 9.37 Å². The predicted octanol–water partition coefficient (Wildman–Crippen LogP) is 5.77. The van der Waals surface area contributed by atoms with Gasteiger partial charge in [0.15, 0.2) is 5.13 Å². The molecule has 6 nitrogen and oxygen atoms in total. The zero-order chi connectivity index (χ0) is 24.7. The number of anilines is 1. The fourth-order valence-electron chi connectivity index (χ4n) is 4.17. The van der Waals surface area contributed by atoms with E-state index >= 15 is 0 Å². The van der Waals surface area contributed by atoms with Gasteiger partial charge in [0.05, 0.1) is 28.4 Å². The van der Waals surface area contributed by atoms with Gasteiger partial charge in [0.25, 0.3) is 5.78 Å². The topological polar surface area (TPSA) is 79.7 Å². The number of aliphatic hydroxyl groups excluding tert-OH is 1. The summed E-state index contributed by atoms with van der Waals surface area (Å²) in [6.07, 6.45) is 0. The van der Waals surface area contributed by atoms with Crippen molar-refractivity contribution in [3.63, 3.8) is 0 Å². The van der Waals surface area contributed by atoms with Crippen LogP contribution in [0.4, 0.5) is 9.52 Å². The van der Waals surface area contributed by atoms with Gasteiger partial charge < -0.3 is 9.84 Å². The van der Waals surface area contributed by atoms with Crippen LogP contribution in [0.5, 0.6) is 5.75 Å². The SMILES string of the molecule is CCOc1cccc(C2/C(=C(\O)c3ccc(F)cc3)C(=O)C(=O)N2c2nc3ccc(C)cc3s2)c1. The molecule has 1 fully saturated rings. The van der Waals surface area contributed by atoms with Crippen LogP contribution in [0.15, 0.2) is 72.3 Å². The van der Waals surface area contributed by atoms with E-state index in [1.54, 1.807) is 24.3 Å². The number of benzene rings is 3. The summed E-state index contributed by atoms with van der Waals surface area (Å²) in [4.78, 5) is 32.6. The lowest BCUT2D eigenvalue weighted by Gasteiger charge is -2.23. The Labute approximate surface area is 204 Å². The monoisotopic (exact) mass is 488 g/mol. The smallest absolute Gasteiger partial charge is 0.301 e. The maximum absolute atomic E-state index is 13.5. The molecule has 1 aliphatic rings. The summed E-state index contributed by atoms with van der Waals surface area (Å²) < 4.78 is 20.0. The van der Waals surface area contributed by atoms with E-state index < -0.39 is 23.5 Å². The van der Waals surface area contributed by atoms with Crippen molar-refractivity contribution in [1.29, 1.82) is 0 Å². The van der Waals surface area contributed by atoms with Gasteiger partial charge in [-0.05, 0) is 73.5 Å². The van der Waals surface area contributed by atoms with E-state index in [0.29, 0.717) is 28.6 Å². The zero-order valence-electron chi connectivity index (χ0n) is 19.0. The average molecular weight is 489 g/mol. The molecule has 0 aliphatic carbocycles. The molecular formula is C27H21FN2O4S. The van der Waals surface area contributed by atoms with Gasteiger partial charge in [0, 0.05) is 5.56 Å². The minimum absolute atomic E-state index is 0.0920. The second-order valence-corrected chi connectivity index (χ2v) is 9.16. The molecule has 1 atom stereocenters. The summed E-state index contributed by atoms with van der Waals surface area (Å²) in [5.74, 6) is -1.93. The number of ketones is 1. The van der Waals surface area contributed by atoms with Crippen molar-refractivity contribution in [3.8, 4) is 5.75 Å². The number of rotatable bonds is 5. The van der Waals surface area contributed by atoms with E-state index in [2.05, 4.69) is 4.98 Å². The highest BCUT2D eigenvalue weighted by Crippen LogP contribution is 2.44. The van der Waals surface area contributed by atoms with E-state index in [1.807, 2.05) is 32.0 Å². The Morgan fingerprint density at radius 2 is 1.89 bits per heavy atom. The number of carbonyl (C=O) groups is 2. The van der Waals surface area contributed by atoms with Crippen LogP contribution >= 0.6 is 11.3 Å². The summed E-state index contributed by atoms with van der Waals surface area (Å²) in [6.45, 7) is 4.26. The number of carbonyl (C=O) groups excluding carboxylic acids is 2. The molecule has 0 bridgehead atoms. The van der Waals surface area contributed by atoms with Gasteiger partial charge in [0.2, 0.25) is 0 Å². The van der Waals surface area contributed by atoms with E-state index in [4.69, 9.17) is 4.74 Å². The molecule has 8 heteroatoms. The highest BCUT2D eigenvalue weighted by Gasteiger charge is 2.48. The number of hydrogen-bond donors (Lipinski definition) is 1. The number of thiazole rings is 1. The third-order valence-electron chi connectivity index (χ3n) is 5.79. The molecule has 1 unspecified atom stereocenters. The lowest BCUT2D eigenvalue weighted by Crippen LogP contribution is -2.29. The number of fused-ring (bicyclic) bond motifs is 1. The Bertz CT molecular complexity index is 1490. The Balaban J connectivity index is 1.72. The first-order valence-electron chi connectivity index (χ1n) is 11.0. The Hall–Kier alpha value is -4.04. The number of amides is 1. The van der Waals surface area contributed by atoms with Crippen molar-refractivity contribution in [2.45, 2.75) is 19.9 Å². The second-order valence-electron chi connectivity index (χ2n) is 8.15. The van der Waals surface area contributed by atoms with Crippen LogP contribution < -0.4 is 9.64 Å². The molecule has 1 N–H and O–H groups in total. The molecule has 0 spiro atoms. The Morgan fingerprint density at radius 3 is 2.63 bits per heavy atom. The largest absolute Gasteiger partial charge is 0.507 e. The number of aliphatic hydroxyl groups is 1. The van der Waals surface area contributed by atoms with Crippen molar-refractivity contribution in [3.05, 3.63) is 94.8 Å².